The van der Waals surface area contributed by atoms with Gasteiger partial charge in [0.2, 0.25) is 0 Å². The molecule has 5 saturated carbocycles. The van der Waals surface area contributed by atoms with Crippen molar-refractivity contribution in [3.05, 3.63) is 0 Å². The van der Waals surface area contributed by atoms with Crippen molar-refractivity contribution in [3.8, 4) is 0 Å². The van der Waals surface area contributed by atoms with Gasteiger partial charge in [-0.3, -0.25) is 0 Å². The maximum Gasteiger partial charge on any atom is 0.172 e. The van der Waals surface area contributed by atoms with Gasteiger partial charge in [-0.25, -0.2) is 0 Å². The lowest BCUT2D eigenvalue weighted by Crippen LogP contribution is -3.23. The Balaban J connectivity index is 1.67. The van der Waals surface area contributed by atoms with Crippen LogP contribution in [0.15, 0.2) is 0 Å². The van der Waals surface area contributed by atoms with Crippen LogP contribution in [0, 0.1) is 34.5 Å². The average molecular weight is 469 g/mol. The highest BCUT2D eigenvalue weighted by molar-refractivity contribution is 5.39. The van der Waals surface area contributed by atoms with Crippen molar-refractivity contribution in [2.45, 2.75) is 74.3 Å². The van der Waals surface area contributed by atoms with E-state index in [0.29, 0.717) is 19.4 Å². The third-order valence-electron chi connectivity index (χ3n) is 11.7. The molecule has 6 rings (SSSR count). The first-order chi connectivity index (χ1) is 15.8. The predicted octanol–water partition coefficient (Wildman–Crippen LogP) is -1.15. The van der Waals surface area contributed by atoms with Gasteiger partial charge in [-0.05, 0) is 32.1 Å². The van der Waals surface area contributed by atoms with Gasteiger partial charge in [0, 0.05) is 58.0 Å². The molecule has 33 heavy (non-hydrogen) atoms. The van der Waals surface area contributed by atoms with Crippen molar-refractivity contribution >= 4 is 0 Å². The number of aliphatic hydroxyl groups excluding tert-OH is 1. The van der Waals surface area contributed by atoms with Crippen LogP contribution in [0.4, 0.5) is 0 Å². The molecule has 1 saturated heterocycles. The first kappa shape index (κ1) is 23.1. The second kappa shape index (κ2) is 7.13. The fraction of sp³-hybridized carbons (Fsp3) is 1.00. The fourth-order valence-corrected chi connectivity index (χ4v) is 11.2. The van der Waals surface area contributed by atoms with E-state index in [0.717, 1.165) is 25.9 Å². The van der Waals surface area contributed by atoms with Crippen molar-refractivity contribution in [2.24, 2.45) is 34.5 Å². The summed E-state index contributed by atoms with van der Waals surface area (Å²) in [5, 5.41) is 37.6. The number of likely N-dealkylation sites (tertiary alicyclic amines) is 1. The normalized spacial score (nSPS) is 62.5. The largest absolute Gasteiger partial charge is 0.392 e. The smallest absolute Gasteiger partial charge is 0.172 e. The number of nitrogens with one attached hydrogen (secondary N) is 1. The quantitative estimate of drug-likeness (QED) is 0.391. The van der Waals surface area contributed by atoms with Crippen LogP contribution >= 0.6 is 0 Å². The van der Waals surface area contributed by atoms with E-state index in [1.165, 1.54) is 4.90 Å². The molecule has 8 heteroatoms. The van der Waals surface area contributed by atoms with Gasteiger partial charge in [0.1, 0.15) is 11.6 Å². The van der Waals surface area contributed by atoms with E-state index in [-0.39, 0.29) is 47.3 Å². The number of quaternary nitrogens is 1. The van der Waals surface area contributed by atoms with E-state index < -0.39 is 28.8 Å². The number of fused-ring (bicyclic) bond motifs is 2. The van der Waals surface area contributed by atoms with Gasteiger partial charge < -0.3 is 39.2 Å². The third kappa shape index (κ3) is 2.20. The number of aliphatic hydroxyl groups is 3. The van der Waals surface area contributed by atoms with Crippen LogP contribution in [-0.2, 0) is 18.9 Å². The van der Waals surface area contributed by atoms with Crippen LogP contribution < -0.4 is 4.90 Å². The zero-order valence-electron chi connectivity index (χ0n) is 20.6. The number of likely N-dealkylation sites (N-methyl/N-ethyl adjacent to an activating group) is 1. The van der Waals surface area contributed by atoms with E-state index in [9.17, 15) is 15.3 Å². The molecule has 0 radical (unpaired) electrons. The van der Waals surface area contributed by atoms with Crippen LogP contribution in [0.2, 0.25) is 0 Å². The van der Waals surface area contributed by atoms with Gasteiger partial charge in [-0.1, -0.05) is 0 Å². The number of rotatable bonds is 6. The van der Waals surface area contributed by atoms with Crippen molar-refractivity contribution in [2.75, 3.05) is 48.1 Å². The molecule has 7 bridgehead atoms. The third-order valence-corrected chi connectivity index (χ3v) is 11.7. The summed E-state index contributed by atoms with van der Waals surface area (Å²) in [4.78, 5) is 1.26. The van der Waals surface area contributed by atoms with Crippen LogP contribution in [-0.4, -0.2) is 105 Å². The summed E-state index contributed by atoms with van der Waals surface area (Å²) in [5.41, 5.74) is -3.69. The Labute approximate surface area is 196 Å². The lowest BCUT2D eigenvalue weighted by atomic mass is 9.42. The van der Waals surface area contributed by atoms with Crippen molar-refractivity contribution in [1.29, 1.82) is 0 Å². The molecule has 0 amide bonds. The van der Waals surface area contributed by atoms with E-state index in [1.807, 2.05) is 0 Å². The molecule has 188 valence electrons. The summed E-state index contributed by atoms with van der Waals surface area (Å²) in [7, 11) is 6.82. The molecule has 1 spiro atoms. The van der Waals surface area contributed by atoms with Crippen LogP contribution in [0.3, 0.4) is 0 Å². The lowest BCUT2D eigenvalue weighted by molar-refractivity contribution is -0.956. The minimum Gasteiger partial charge on any atom is -0.392 e. The number of methoxy groups -OCH3 is 4. The molecule has 4 N–H and O–H groups in total. The van der Waals surface area contributed by atoms with E-state index >= 15 is 0 Å². The van der Waals surface area contributed by atoms with Gasteiger partial charge in [0.15, 0.2) is 5.60 Å². The summed E-state index contributed by atoms with van der Waals surface area (Å²) in [6.07, 6.45) is 1.18. The van der Waals surface area contributed by atoms with E-state index in [1.54, 1.807) is 28.4 Å². The maximum absolute atomic E-state index is 13.0. The summed E-state index contributed by atoms with van der Waals surface area (Å²) in [5.74, 6) is -0.167. The Morgan fingerprint density at radius 2 is 1.82 bits per heavy atom. The zero-order chi connectivity index (χ0) is 23.6. The summed E-state index contributed by atoms with van der Waals surface area (Å²) < 4.78 is 24.1. The maximum atomic E-state index is 13.0. The van der Waals surface area contributed by atoms with Gasteiger partial charge in [-0.2, -0.15) is 0 Å². The highest BCUT2D eigenvalue weighted by atomic mass is 16.5. The molecule has 1 aliphatic heterocycles. The van der Waals surface area contributed by atoms with Crippen molar-refractivity contribution in [3.63, 3.8) is 0 Å². The Morgan fingerprint density at radius 1 is 1.06 bits per heavy atom. The summed E-state index contributed by atoms with van der Waals surface area (Å²) in [6, 6.07) is -0.302. The first-order valence-corrected chi connectivity index (χ1v) is 12.8. The molecule has 8 nitrogen and oxygen atoms in total. The second-order valence-electron chi connectivity index (χ2n) is 12.1. The number of hydrogen-bond acceptors (Lipinski definition) is 7. The highest BCUT2D eigenvalue weighted by Gasteiger charge is 2.93. The zero-order valence-corrected chi connectivity index (χ0v) is 20.6. The second-order valence-corrected chi connectivity index (χ2v) is 12.1. The molecule has 14 atom stereocenters. The van der Waals surface area contributed by atoms with Crippen LogP contribution in [0.25, 0.3) is 0 Å². The average Bonchev–Trinajstić information content (AvgIpc) is 3.22. The van der Waals surface area contributed by atoms with Gasteiger partial charge >= 0.3 is 0 Å². The molecule has 1 heterocycles. The predicted molar refractivity (Wildman–Crippen MR) is 118 cm³/mol. The van der Waals surface area contributed by atoms with Crippen molar-refractivity contribution in [1.82, 2.24) is 0 Å². The molecule has 5 aliphatic carbocycles. The minimum atomic E-state index is -1.51. The van der Waals surface area contributed by atoms with Crippen LogP contribution in [0.5, 0.6) is 0 Å². The van der Waals surface area contributed by atoms with E-state index in [2.05, 4.69) is 6.92 Å². The Bertz CT molecular complexity index is 814. The Kier molecular flexibility index (Phi) is 4.99. The van der Waals surface area contributed by atoms with Crippen LogP contribution in [0.1, 0.15) is 32.6 Å². The Morgan fingerprint density at radius 3 is 2.42 bits per heavy atom. The number of ether oxygens (including phenoxy) is 4. The molecule has 6 fully saturated rings. The van der Waals surface area contributed by atoms with Gasteiger partial charge in [0.25, 0.3) is 0 Å². The van der Waals surface area contributed by atoms with Gasteiger partial charge in [-0.15, -0.1) is 0 Å². The summed E-state index contributed by atoms with van der Waals surface area (Å²) >= 11 is 0. The number of piperidine rings is 1. The molecular weight excluding hydrogens is 426 g/mol. The first-order valence-electron chi connectivity index (χ1n) is 12.8. The minimum absolute atomic E-state index is 0.0291. The highest BCUT2D eigenvalue weighted by Crippen LogP contribution is 2.78. The molecule has 0 aromatic rings. The fourth-order valence-electron chi connectivity index (χ4n) is 11.2. The van der Waals surface area contributed by atoms with Crippen molar-refractivity contribution < 1.29 is 39.2 Å². The molecule has 14 unspecified atom stereocenters. The lowest BCUT2D eigenvalue weighted by Gasteiger charge is -2.67. The molecular formula is C25H42NO7+. The van der Waals surface area contributed by atoms with Gasteiger partial charge in [0.05, 0.1) is 49.5 Å². The monoisotopic (exact) mass is 468 g/mol. The molecule has 6 aliphatic rings. The van der Waals surface area contributed by atoms with E-state index in [4.69, 9.17) is 18.9 Å². The topological polar surface area (TPSA) is 102 Å². The summed E-state index contributed by atoms with van der Waals surface area (Å²) in [6.45, 7) is 4.40. The SMILES string of the molecule is CC[NH+]1CC2(COC)CCC(O)C34C5CC6C(OC)CC(O)(C5C6OC)C(O)(C(OC)C23)C14. The molecule has 0 aromatic carbocycles. The Hall–Kier alpha value is -0.320. The number of hydrogen-bond donors (Lipinski definition) is 4. The standard InChI is InChI=1S/C25H41NO7/c1-6-26-11-22(12-30-2)8-7-16(27)24-14-9-13-15(31-3)10-23(28,17(14)18(13)32-4)25(29,21(24)26)20(33-5)19(22)24/h13-21,27-29H,6-12H2,1-5H3/p+1. The molecule has 0 aromatic heterocycles.